The van der Waals surface area contributed by atoms with Crippen molar-refractivity contribution in [1.29, 1.82) is 5.26 Å². The maximum atomic E-state index is 12.1. The highest BCUT2D eigenvalue weighted by atomic mass is 79.9. The number of hydrogen-bond acceptors (Lipinski definition) is 5. The zero-order valence-electron chi connectivity index (χ0n) is 11.4. The predicted octanol–water partition coefficient (Wildman–Crippen LogP) is 2.45. The molecule has 1 aromatic heterocycles. The second-order valence-corrected chi connectivity index (χ2v) is 5.29. The molecule has 0 aliphatic heterocycles. The van der Waals surface area contributed by atoms with E-state index in [1.165, 1.54) is 7.11 Å². The van der Waals surface area contributed by atoms with Gasteiger partial charge >= 0.3 is 0 Å². The molecule has 8 heteroatoms. The van der Waals surface area contributed by atoms with Crippen LogP contribution in [0.1, 0.15) is 11.1 Å². The molecule has 1 heterocycles. The molecular formula is C14H10BrN3O4. The van der Waals surface area contributed by atoms with Crippen molar-refractivity contribution in [2.45, 2.75) is 6.54 Å². The zero-order chi connectivity index (χ0) is 16.3. The molecule has 1 aromatic carbocycles. The number of methoxy groups -OCH3 is 1. The maximum absolute atomic E-state index is 12.1. The summed E-state index contributed by atoms with van der Waals surface area (Å²) in [6.45, 7) is 0.0534. The molecule has 0 unspecified atom stereocenters. The smallest absolute Gasteiger partial charge is 0.287 e. The van der Waals surface area contributed by atoms with Crippen molar-refractivity contribution in [3.8, 4) is 11.8 Å². The van der Waals surface area contributed by atoms with E-state index < -0.39 is 10.5 Å². The third-order valence-electron chi connectivity index (χ3n) is 2.99. The standard InChI is InChI=1S/C14H10BrN3O4/c1-22-13-3-2-11(15)4-10(13)7-17-8-12(18(20)21)5-9(6-16)14(17)19/h2-5,8H,7H2,1H3. The zero-order valence-corrected chi connectivity index (χ0v) is 13.0. The van der Waals surface area contributed by atoms with E-state index >= 15 is 0 Å². The quantitative estimate of drug-likeness (QED) is 0.613. The van der Waals surface area contributed by atoms with Gasteiger partial charge in [0.1, 0.15) is 17.4 Å². The molecule has 0 bridgehead atoms. The first-order valence-corrected chi connectivity index (χ1v) is 6.87. The molecule has 2 rings (SSSR count). The van der Waals surface area contributed by atoms with Crippen LogP contribution in [-0.2, 0) is 6.54 Å². The molecule has 0 spiro atoms. The topological polar surface area (TPSA) is 98.2 Å². The lowest BCUT2D eigenvalue weighted by Gasteiger charge is -2.11. The van der Waals surface area contributed by atoms with Gasteiger partial charge in [-0.25, -0.2) is 0 Å². The van der Waals surface area contributed by atoms with E-state index in [0.29, 0.717) is 11.3 Å². The van der Waals surface area contributed by atoms with Crippen molar-refractivity contribution >= 4 is 21.6 Å². The lowest BCUT2D eigenvalue weighted by molar-refractivity contribution is -0.385. The van der Waals surface area contributed by atoms with Crippen molar-refractivity contribution in [3.63, 3.8) is 0 Å². The van der Waals surface area contributed by atoms with Gasteiger partial charge < -0.3 is 9.30 Å². The van der Waals surface area contributed by atoms with Gasteiger partial charge in [-0.2, -0.15) is 5.26 Å². The van der Waals surface area contributed by atoms with Crippen LogP contribution < -0.4 is 10.3 Å². The van der Waals surface area contributed by atoms with E-state index in [-0.39, 0.29) is 17.8 Å². The first-order valence-electron chi connectivity index (χ1n) is 6.07. The van der Waals surface area contributed by atoms with Gasteiger partial charge in [-0.1, -0.05) is 15.9 Å². The minimum Gasteiger partial charge on any atom is -0.496 e. The molecule has 0 saturated heterocycles. The molecule has 0 aliphatic carbocycles. The number of nitro groups is 1. The van der Waals surface area contributed by atoms with E-state index in [4.69, 9.17) is 10.00 Å². The summed E-state index contributed by atoms with van der Waals surface area (Å²) in [5, 5.41) is 19.9. The van der Waals surface area contributed by atoms with Crippen LogP contribution in [-0.4, -0.2) is 16.6 Å². The average Bonchev–Trinajstić information content (AvgIpc) is 2.49. The number of nitrogens with zero attached hydrogens (tertiary/aromatic N) is 3. The molecule has 0 amide bonds. The Labute approximate surface area is 133 Å². The maximum Gasteiger partial charge on any atom is 0.287 e. The van der Waals surface area contributed by atoms with Crippen LogP contribution in [0.15, 0.2) is 39.7 Å². The Morgan fingerprint density at radius 3 is 2.77 bits per heavy atom. The Balaban J connectivity index is 2.57. The third kappa shape index (κ3) is 3.15. The highest BCUT2D eigenvalue weighted by Crippen LogP contribution is 2.24. The molecule has 2 aromatic rings. The largest absolute Gasteiger partial charge is 0.496 e. The van der Waals surface area contributed by atoms with Gasteiger partial charge in [-0.15, -0.1) is 0 Å². The second kappa shape index (κ2) is 6.41. The monoisotopic (exact) mass is 363 g/mol. The lowest BCUT2D eigenvalue weighted by atomic mass is 10.2. The Morgan fingerprint density at radius 1 is 1.45 bits per heavy atom. The third-order valence-corrected chi connectivity index (χ3v) is 3.48. The van der Waals surface area contributed by atoms with Gasteiger partial charge in [0.25, 0.3) is 11.2 Å². The van der Waals surface area contributed by atoms with Crippen molar-refractivity contribution < 1.29 is 9.66 Å². The van der Waals surface area contributed by atoms with E-state index in [1.54, 1.807) is 24.3 Å². The number of halogens is 1. The number of ether oxygens (including phenoxy) is 1. The summed E-state index contributed by atoms with van der Waals surface area (Å²) in [6, 6.07) is 7.89. The van der Waals surface area contributed by atoms with Gasteiger partial charge in [0, 0.05) is 16.1 Å². The molecule has 7 nitrogen and oxygen atoms in total. The number of hydrogen-bond donors (Lipinski definition) is 0. The van der Waals surface area contributed by atoms with E-state index in [2.05, 4.69) is 15.9 Å². The van der Waals surface area contributed by atoms with Crippen LogP contribution in [0.25, 0.3) is 0 Å². The SMILES string of the molecule is COc1ccc(Br)cc1Cn1cc([N+](=O)[O-])cc(C#N)c1=O. The Bertz CT molecular complexity index is 839. The van der Waals surface area contributed by atoms with Crippen molar-refractivity contribution in [1.82, 2.24) is 4.57 Å². The summed E-state index contributed by atoms with van der Waals surface area (Å²) in [7, 11) is 1.49. The fourth-order valence-electron chi connectivity index (χ4n) is 1.97. The Morgan fingerprint density at radius 2 is 2.18 bits per heavy atom. The van der Waals surface area contributed by atoms with Crippen LogP contribution in [0.4, 0.5) is 5.69 Å². The molecule has 0 N–H and O–H groups in total. The van der Waals surface area contributed by atoms with E-state index in [9.17, 15) is 14.9 Å². The van der Waals surface area contributed by atoms with Gasteiger partial charge in [-0.3, -0.25) is 14.9 Å². The van der Waals surface area contributed by atoms with Crippen molar-refractivity contribution in [3.05, 3.63) is 66.5 Å². The van der Waals surface area contributed by atoms with Crippen LogP contribution >= 0.6 is 15.9 Å². The summed E-state index contributed by atoms with van der Waals surface area (Å²) >= 11 is 3.32. The summed E-state index contributed by atoms with van der Waals surface area (Å²) in [5.41, 5.74) is -0.522. The minimum atomic E-state index is -0.644. The fourth-order valence-corrected chi connectivity index (χ4v) is 2.38. The van der Waals surface area contributed by atoms with E-state index in [1.807, 2.05) is 0 Å². The number of aromatic nitrogens is 1. The lowest BCUT2D eigenvalue weighted by Crippen LogP contribution is -2.23. The molecule has 112 valence electrons. The van der Waals surface area contributed by atoms with Gasteiger partial charge in [0.05, 0.1) is 24.8 Å². The van der Waals surface area contributed by atoms with Crippen LogP contribution in [0.5, 0.6) is 5.75 Å². The van der Waals surface area contributed by atoms with Gasteiger partial charge in [0.2, 0.25) is 0 Å². The molecule has 0 saturated carbocycles. The summed E-state index contributed by atoms with van der Waals surface area (Å²) in [5.74, 6) is 0.542. The van der Waals surface area contributed by atoms with Crippen molar-refractivity contribution in [2.75, 3.05) is 7.11 Å². The predicted molar refractivity (Wildman–Crippen MR) is 81.9 cm³/mol. The molecule has 0 atom stereocenters. The van der Waals surface area contributed by atoms with Crippen LogP contribution in [0.2, 0.25) is 0 Å². The molecule has 0 aliphatic rings. The molecule has 0 radical (unpaired) electrons. The van der Waals surface area contributed by atoms with Crippen LogP contribution in [0.3, 0.4) is 0 Å². The molecule has 22 heavy (non-hydrogen) atoms. The Hall–Kier alpha value is -2.66. The summed E-state index contributed by atoms with van der Waals surface area (Å²) < 4.78 is 7.12. The minimum absolute atomic E-state index is 0.0534. The number of pyridine rings is 1. The fraction of sp³-hybridized carbons (Fsp3) is 0.143. The first kappa shape index (κ1) is 15.7. The highest BCUT2D eigenvalue weighted by Gasteiger charge is 2.15. The highest BCUT2D eigenvalue weighted by molar-refractivity contribution is 9.10. The van der Waals surface area contributed by atoms with Gasteiger partial charge in [0.15, 0.2) is 0 Å². The van der Waals surface area contributed by atoms with Crippen molar-refractivity contribution in [2.24, 2.45) is 0 Å². The number of rotatable bonds is 4. The first-order chi connectivity index (χ1) is 10.5. The molecule has 0 fully saturated rings. The van der Waals surface area contributed by atoms with Crippen LogP contribution in [0, 0.1) is 21.4 Å². The Kier molecular flexibility index (Phi) is 4.58. The summed E-state index contributed by atoms with van der Waals surface area (Å²) in [4.78, 5) is 22.4. The van der Waals surface area contributed by atoms with E-state index in [0.717, 1.165) is 21.3 Å². The number of benzene rings is 1. The second-order valence-electron chi connectivity index (χ2n) is 4.37. The summed E-state index contributed by atoms with van der Waals surface area (Å²) in [6.07, 6.45) is 1.11. The normalized spacial score (nSPS) is 10.0. The van der Waals surface area contributed by atoms with Gasteiger partial charge in [-0.05, 0) is 18.2 Å². The molecular weight excluding hydrogens is 354 g/mol. The number of nitriles is 1. The average molecular weight is 364 g/mol.